The molecule has 1 fully saturated rings. The molecule has 2 aromatic carbocycles. The van der Waals surface area contributed by atoms with Crippen molar-refractivity contribution in [3.8, 4) is 11.4 Å². The Hall–Kier alpha value is -2.86. The van der Waals surface area contributed by atoms with Gasteiger partial charge < -0.3 is 14.7 Å². The lowest BCUT2D eigenvalue weighted by Crippen LogP contribution is -2.26. The van der Waals surface area contributed by atoms with Crippen LogP contribution in [0.1, 0.15) is 41.9 Å². The van der Waals surface area contributed by atoms with Gasteiger partial charge in [0.2, 0.25) is 5.82 Å². The van der Waals surface area contributed by atoms with Crippen LogP contribution in [0.2, 0.25) is 5.02 Å². The molecular formula is C23H25ClN4O2. The molecule has 30 heavy (non-hydrogen) atoms. The van der Waals surface area contributed by atoms with E-state index in [9.17, 15) is 4.79 Å². The number of carbonyl (C=O) groups is 1. The second kappa shape index (κ2) is 9.76. The van der Waals surface area contributed by atoms with Crippen molar-refractivity contribution in [2.24, 2.45) is 0 Å². The molecule has 156 valence electrons. The predicted molar refractivity (Wildman–Crippen MR) is 118 cm³/mol. The van der Waals surface area contributed by atoms with E-state index in [0.29, 0.717) is 23.8 Å². The van der Waals surface area contributed by atoms with Gasteiger partial charge in [0.25, 0.3) is 0 Å². The van der Waals surface area contributed by atoms with E-state index in [0.717, 1.165) is 24.2 Å². The van der Waals surface area contributed by atoms with E-state index in [1.165, 1.54) is 31.4 Å². The van der Waals surface area contributed by atoms with Crippen LogP contribution in [0, 0.1) is 0 Å². The molecule has 7 heteroatoms. The van der Waals surface area contributed by atoms with Crippen molar-refractivity contribution in [2.75, 3.05) is 24.5 Å². The van der Waals surface area contributed by atoms with Crippen LogP contribution in [-0.4, -0.2) is 35.7 Å². The number of nitrogens with zero attached hydrogens (tertiary/aromatic N) is 3. The van der Waals surface area contributed by atoms with Gasteiger partial charge in [-0.2, -0.15) is 4.98 Å². The largest absolute Gasteiger partial charge is 0.372 e. The highest BCUT2D eigenvalue weighted by molar-refractivity contribution is 6.30. The average Bonchev–Trinajstić information content (AvgIpc) is 3.11. The molecule has 0 atom stereocenters. The van der Waals surface area contributed by atoms with Crippen molar-refractivity contribution in [1.82, 2.24) is 15.5 Å². The number of amides is 1. The van der Waals surface area contributed by atoms with Gasteiger partial charge in [0, 0.05) is 35.9 Å². The summed E-state index contributed by atoms with van der Waals surface area (Å²) in [5.74, 6) is 0.0156. The lowest BCUT2D eigenvalue weighted by molar-refractivity contribution is 0.0910. The fourth-order valence-corrected chi connectivity index (χ4v) is 3.76. The highest BCUT2D eigenvalue weighted by Crippen LogP contribution is 2.23. The maximum atomic E-state index is 12.3. The van der Waals surface area contributed by atoms with Gasteiger partial charge in [0.1, 0.15) is 0 Å². The van der Waals surface area contributed by atoms with E-state index in [1.807, 2.05) is 36.4 Å². The van der Waals surface area contributed by atoms with Crippen molar-refractivity contribution in [3.63, 3.8) is 0 Å². The molecule has 1 aromatic heterocycles. The van der Waals surface area contributed by atoms with E-state index in [-0.39, 0.29) is 11.8 Å². The molecule has 1 aliphatic heterocycles. The summed E-state index contributed by atoms with van der Waals surface area (Å²) in [6, 6.07) is 15.7. The second-order valence-electron chi connectivity index (χ2n) is 7.50. The summed E-state index contributed by atoms with van der Waals surface area (Å²) >= 11 is 5.88. The molecule has 3 aromatic rings. The Morgan fingerprint density at radius 1 is 1.00 bits per heavy atom. The van der Waals surface area contributed by atoms with Gasteiger partial charge >= 0.3 is 11.8 Å². The van der Waals surface area contributed by atoms with E-state index < -0.39 is 0 Å². The van der Waals surface area contributed by atoms with Crippen molar-refractivity contribution in [3.05, 3.63) is 65.0 Å². The van der Waals surface area contributed by atoms with Crippen LogP contribution in [0.4, 0.5) is 5.69 Å². The van der Waals surface area contributed by atoms with Gasteiger partial charge in [-0.1, -0.05) is 41.7 Å². The summed E-state index contributed by atoms with van der Waals surface area (Å²) in [5, 5.41) is 7.47. The molecule has 0 bridgehead atoms. The van der Waals surface area contributed by atoms with Gasteiger partial charge in [0.05, 0.1) is 0 Å². The summed E-state index contributed by atoms with van der Waals surface area (Å²) < 4.78 is 5.16. The molecule has 0 radical (unpaired) electrons. The molecule has 0 spiro atoms. The van der Waals surface area contributed by atoms with Gasteiger partial charge in [-0.25, -0.2) is 0 Å². The summed E-state index contributed by atoms with van der Waals surface area (Å²) in [7, 11) is 0. The van der Waals surface area contributed by atoms with Crippen molar-refractivity contribution < 1.29 is 9.32 Å². The number of hydrogen-bond donors (Lipinski definition) is 1. The van der Waals surface area contributed by atoms with Gasteiger partial charge in [-0.15, -0.1) is 0 Å². The average molecular weight is 425 g/mol. The van der Waals surface area contributed by atoms with Crippen LogP contribution in [-0.2, 0) is 6.42 Å². The molecule has 1 N–H and O–H groups in total. The van der Waals surface area contributed by atoms with Crippen molar-refractivity contribution in [2.45, 2.75) is 32.1 Å². The summed E-state index contributed by atoms with van der Waals surface area (Å²) in [4.78, 5) is 19.0. The fourth-order valence-electron chi connectivity index (χ4n) is 3.63. The maximum absolute atomic E-state index is 12.3. The molecule has 1 aliphatic rings. The Bertz CT molecular complexity index is 962. The molecule has 0 aliphatic carbocycles. The van der Waals surface area contributed by atoms with E-state index in [1.54, 1.807) is 0 Å². The number of anilines is 1. The Labute approximate surface area is 181 Å². The predicted octanol–water partition coefficient (Wildman–Crippen LogP) is 4.74. The quantitative estimate of drug-likeness (QED) is 0.618. The SMILES string of the molecule is O=C(NCCc1ccc(Cl)cc1)c1nc(-c2ccc(N3CCCCCC3)cc2)no1. The molecule has 0 unspecified atom stereocenters. The van der Waals surface area contributed by atoms with E-state index >= 15 is 0 Å². The first-order chi connectivity index (χ1) is 14.7. The minimum Gasteiger partial charge on any atom is -0.372 e. The second-order valence-corrected chi connectivity index (χ2v) is 7.94. The Balaban J connectivity index is 1.33. The smallest absolute Gasteiger partial charge is 0.316 e. The number of benzene rings is 2. The molecule has 0 saturated carbocycles. The molecule has 1 amide bonds. The minimum atomic E-state index is -0.371. The maximum Gasteiger partial charge on any atom is 0.316 e. The lowest BCUT2D eigenvalue weighted by Gasteiger charge is -2.22. The third-order valence-electron chi connectivity index (χ3n) is 5.33. The highest BCUT2D eigenvalue weighted by Gasteiger charge is 2.16. The third-order valence-corrected chi connectivity index (χ3v) is 5.58. The number of hydrogen-bond acceptors (Lipinski definition) is 5. The Kier molecular flexibility index (Phi) is 6.64. The number of carbonyl (C=O) groups excluding carboxylic acids is 1. The molecule has 1 saturated heterocycles. The highest BCUT2D eigenvalue weighted by atomic mass is 35.5. The van der Waals surface area contributed by atoms with Crippen LogP contribution in [0.3, 0.4) is 0 Å². The number of halogens is 1. The summed E-state index contributed by atoms with van der Waals surface area (Å²) in [6.45, 7) is 2.67. The van der Waals surface area contributed by atoms with Crippen LogP contribution >= 0.6 is 11.6 Å². The zero-order chi connectivity index (χ0) is 20.8. The van der Waals surface area contributed by atoms with E-state index in [4.69, 9.17) is 16.1 Å². The van der Waals surface area contributed by atoms with Crippen LogP contribution in [0.15, 0.2) is 53.1 Å². The molecule has 6 nitrogen and oxygen atoms in total. The zero-order valence-corrected chi connectivity index (χ0v) is 17.6. The Morgan fingerprint density at radius 2 is 1.70 bits per heavy atom. The first-order valence-electron chi connectivity index (χ1n) is 10.4. The number of rotatable bonds is 6. The first-order valence-corrected chi connectivity index (χ1v) is 10.8. The van der Waals surface area contributed by atoms with Gasteiger partial charge in [-0.05, 0) is 61.2 Å². The fraction of sp³-hybridized carbons (Fsp3) is 0.348. The number of nitrogens with one attached hydrogen (secondary N) is 1. The van der Waals surface area contributed by atoms with Gasteiger partial charge in [0.15, 0.2) is 0 Å². The molecular weight excluding hydrogens is 400 g/mol. The van der Waals surface area contributed by atoms with Crippen LogP contribution in [0.5, 0.6) is 0 Å². The number of aromatic nitrogens is 2. The van der Waals surface area contributed by atoms with Crippen LogP contribution in [0.25, 0.3) is 11.4 Å². The van der Waals surface area contributed by atoms with Gasteiger partial charge in [-0.3, -0.25) is 4.79 Å². The molecule has 4 rings (SSSR count). The lowest BCUT2D eigenvalue weighted by atomic mass is 10.1. The van der Waals surface area contributed by atoms with E-state index in [2.05, 4.69) is 32.5 Å². The zero-order valence-electron chi connectivity index (χ0n) is 16.8. The normalized spacial score (nSPS) is 14.4. The third kappa shape index (κ3) is 5.19. The monoisotopic (exact) mass is 424 g/mol. The topological polar surface area (TPSA) is 71.3 Å². The first kappa shape index (κ1) is 20.4. The Morgan fingerprint density at radius 3 is 2.40 bits per heavy atom. The standard InChI is InChI=1S/C23H25ClN4O2/c24-19-9-5-17(6-10-19)13-14-25-22(29)23-26-21(27-30-23)18-7-11-20(12-8-18)28-15-3-1-2-4-16-28/h5-12H,1-4,13-16H2,(H,25,29). The van der Waals surface area contributed by atoms with Crippen molar-refractivity contribution >= 4 is 23.2 Å². The van der Waals surface area contributed by atoms with Crippen LogP contribution < -0.4 is 10.2 Å². The van der Waals surface area contributed by atoms with Crippen molar-refractivity contribution in [1.29, 1.82) is 0 Å². The minimum absolute atomic E-state index is 0.0299. The molecule has 2 heterocycles. The summed E-state index contributed by atoms with van der Waals surface area (Å²) in [6.07, 6.45) is 5.79. The summed E-state index contributed by atoms with van der Waals surface area (Å²) in [5.41, 5.74) is 3.14.